The van der Waals surface area contributed by atoms with Gasteiger partial charge in [-0.1, -0.05) is 19.3 Å². The van der Waals surface area contributed by atoms with E-state index in [0.29, 0.717) is 0 Å². The summed E-state index contributed by atoms with van der Waals surface area (Å²) in [5.41, 5.74) is 0. The second-order valence-electron chi connectivity index (χ2n) is 4.45. The molecule has 1 rings (SSSR count). The Morgan fingerprint density at radius 1 is 1.33 bits per heavy atom. The lowest BCUT2D eigenvalue weighted by Gasteiger charge is -2.26. The molecule has 0 aromatic heterocycles. The summed E-state index contributed by atoms with van der Waals surface area (Å²) in [6, 6.07) is 0.297. The zero-order valence-corrected chi connectivity index (χ0v) is 9.89. The summed E-state index contributed by atoms with van der Waals surface area (Å²) < 4.78 is 35.6. The smallest absolute Gasteiger partial charge is 0.329 e. The maximum atomic E-state index is 11.9. The zero-order chi connectivity index (χ0) is 13.6. The third kappa shape index (κ3) is 5.25. The van der Waals surface area contributed by atoms with Crippen LogP contribution in [-0.4, -0.2) is 24.8 Å². The van der Waals surface area contributed by atoms with Crippen LogP contribution < -0.4 is 10.6 Å². The Bertz CT molecular complexity index is 318. The number of carbonyl (C=O) groups excluding carboxylic acids is 1. The number of nitriles is 1. The average Bonchev–Trinajstić information content (AvgIpc) is 2.33. The first-order chi connectivity index (χ1) is 8.42. The molecule has 0 saturated heterocycles. The van der Waals surface area contributed by atoms with E-state index in [9.17, 15) is 18.0 Å². The molecule has 0 aliphatic heterocycles. The van der Waals surface area contributed by atoms with Crippen LogP contribution in [0, 0.1) is 17.2 Å². The molecule has 1 fully saturated rings. The molecule has 2 N–H and O–H groups in total. The monoisotopic (exact) mass is 263 g/mol. The Hall–Kier alpha value is -1.45. The van der Waals surface area contributed by atoms with Gasteiger partial charge in [-0.15, -0.1) is 0 Å². The number of urea groups is 1. The van der Waals surface area contributed by atoms with Gasteiger partial charge in [-0.25, -0.2) is 4.79 Å². The molecule has 2 amide bonds. The third-order valence-electron chi connectivity index (χ3n) is 3.00. The van der Waals surface area contributed by atoms with E-state index in [-0.39, 0.29) is 5.92 Å². The van der Waals surface area contributed by atoms with Crippen LogP contribution in [0.2, 0.25) is 0 Å². The minimum absolute atomic E-state index is 0.0420. The van der Waals surface area contributed by atoms with Crippen molar-refractivity contribution in [1.82, 2.24) is 10.6 Å². The molecule has 1 aliphatic carbocycles. The molecule has 1 saturated carbocycles. The summed E-state index contributed by atoms with van der Waals surface area (Å²) in [5.74, 6) is 0.0420. The summed E-state index contributed by atoms with van der Waals surface area (Å²) in [4.78, 5) is 11.2. The van der Waals surface area contributed by atoms with E-state index >= 15 is 0 Å². The molecule has 0 spiro atoms. The van der Waals surface area contributed by atoms with Crippen LogP contribution in [0.15, 0.2) is 0 Å². The predicted molar refractivity (Wildman–Crippen MR) is 58.6 cm³/mol. The molecule has 102 valence electrons. The van der Waals surface area contributed by atoms with Crippen molar-refractivity contribution in [2.45, 2.75) is 44.3 Å². The molecule has 18 heavy (non-hydrogen) atoms. The second-order valence-corrected chi connectivity index (χ2v) is 4.45. The van der Waals surface area contributed by atoms with Crippen molar-refractivity contribution in [2.24, 2.45) is 5.92 Å². The second kappa shape index (κ2) is 6.47. The highest BCUT2D eigenvalue weighted by Gasteiger charge is 2.29. The van der Waals surface area contributed by atoms with Gasteiger partial charge in [0, 0.05) is 0 Å². The predicted octanol–water partition coefficient (Wildman–Crippen LogP) is 2.32. The lowest BCUT2D eigenvalue weighted by Crippen LogP contribution is -2.47. The van der Waals surface area contributed by atoms with Gasteiger partial charge in [0.1, 0.15) is 12.6 Å². The lowest BCUT2D eigenvalue weighted by molar-refractivity contribution is -0.122. The molecule has 0 radical (unpaired) electrons. The SMILES string of the molecule is N#CC(NC(=O)NCC(F)(F)F)C1CCCCC1. The number of nitrogens with zero attached hydrogens (tertiary/aromatic N) is 1. The fraction of sp³-hybridized carbons (Fsp3) is 0.818. The third-order valence-corrected chi connectivity index (χ3v) is 3.00. The zero-order valence-electron chi connectivity index (χ0n) is 9.89. The number of hydrogen-bond acceptors (Lipinski definition) is 2. The first-order valence-corrected chi connectivity index (χ1v) is 5.93. The highest BCUT2D eigenvalue weighted by atomic mass is 19.4. The quantitative estimate of drug-likeness (QED) is 0.820. The summed E-state index contributed by atoms with van der Waals surface area (Å²) in [5, 5.41) is 12.9. The normalized spacial score (nSPS) is 18.8. The average molecular weight is 263 g/mol. The number of amides is 2. The van der Waals surface area contributed by atoms with Gasteiger partial charge in [0.15, 0.2) is 0 Å². The Kier molecular flexibility index (Phi) is 5.25. The van der Waals surface area contributed by atoms with Gasteiger partial charge in [-0.3, -0.25) is 0 Å². The van der Waals surface area contributed by atoms with Crippen LogP contribution in [0.3, 0.4) is 0 Å². The van der Waals surface area contributed by atoms with E-state index in [1.807, 2.05) is 6.07 Å². The largest absolute Gasteiger partial charge is 0.405 e. The number of hydrogen-bond donors (Lipinski definition) is 2. The molecule has 1 unspecified atom stereocenters. The summed E-state index contributed by atoms with van der Waals surface area (Å²) in [6.45, 7) is -1.39. The molecule has 0 heterocycles. The maximum absolute atomic E-state index is 11.9. The van der Waals surface area contributed by atoms with E-state index in [2.05, 4.69) is 5.32 Å². The van der Waals surface area contributed by atoms with Crippen LogP contribution in [0.4, 0.5) is 18.0 Å². The number of halogens is 3. The Labute approximate surface area is 104 Å². The highest BCUT2D eigenvalue weighted by Crippen LogP contribution is 2.26. The number of carbonyl (C=O) groups is 1. The summed E-state index contributed by atoms with van der Waals surface area (Å²) in [7, 11) is 0. The fourth-order valence-corrected chi connectivity index (χ4v) is 2.10. The van der Waals surface area contributed by atoms with Gasteiger partial charge in [0.25, 0.3) is 0 Å². The fourth-order valence-electron chi connectivity index (χ4n) is 2.10. The Morgan fingerprint density at radius 3 is 2.44 bits per heavy atom. The van der Waals surface area contributed by atoms with Crippen molar-refractivity contribution in [1.29, 1.82) is 5.26 Å². The molecule has 1 aliphatic rings. The van der Waals surface area contributed by atoms with Gasteiger partial charge >= 0.3 is 12.2 Å². The van der Waals surface area contributed by atoms with Crippen LogP contribution in [0.25, 0.3) is 0 Å². The molecular weight excluding hydrogens is 247 g/mol. The van der Waals surface area contributed by atoms with Crippen LogP contribution >= 0.6 is 0 Å². The maximum Gasteiger partial charge on any atom is 0.405 e. The van der Waals surface area contributed by atoms with Crippen molar-refractivity contribution in [3.05, 3.63) is 0 Å². The van der Waals surface area contributed by atoms with Crippen molar-refractivity contribution in [3.8, 4) is 6.07 Å². The molecule has 4 nitrogen and oxygen atoms in total. The van der Waals surface area contributed by atoms with Gasteiger partial charge in [-0.2, -0.15) is 18.4 Å². The van der Waals surface area contributed by atoms with E-state index in [1.165, 1.54) is 0 Å². The topological polar surface area (TPSA) is 64.9 Å². The first-order valence-electron chi connectivity index (χ1n) is 5.93. The van der Waals surface area contributed by atoms with Gasteiger partial charge in [0.2, 0.25) is 0 Å². The standard InChI is InChI=1S/C11H16F3N3O/c12-11(13,14)7-16-10(18)17-9(6-15)8-4-2-1-3-5-8/h8-9H,1-5,7H2,(H2,16,17,18). The van der Waals surface area contributed by atoms with Crippen molar-refractivity contribution in [3.63, 3.8) is 0 Å². The van der Waals surface area contributed by atoms with E-state index in [0.717, 1.165) is 32.1 Å². The number of rotatable bonds is 3. The van der Waals surface area contributed by atoms with Gasteiger partial charge in [-0.05, 0) is 18.8 Å². The van der Waals surface area contributed by atoms with E-state index in [4.69, 9.17) is 5.26 Å². The number of nitrogens with one attached hydrogen (secondary N) is 2. The van der Waals surface area contributed by atoms with Crippen LogP contribution in [0.5, 0.6) is 0 Å². The van der Waals surface area contributed by atoms with Crippen LogP contribution in [0.1, 0.15) is 32.1 Å². The summed E-state index contributed by atoms with van der Waals surface area (Å²) >= 11 is 0. The molecule has 7 heteroatoms. The van der Waals surface area contributed by atoms with Crippen molar-refractivity contribution >= 4 is 6.03 Å². The summed E-state index contributed by atoms with van der Waals surface area (Å²) in [6.07, 6.45) is 0.318. The molecular formula is C11H16F3N3O. The first kappa shape index (κ1) is 14.6. The minimum Gasteiger partial charge on any atom is -0.329 e. The highest BCUT2D eigenvalue weighted by molar-refractivity contribution is 5.74. The van der Waals surface area contributed by atoms with Gasteiger partial charge < -0.3 is 10.6 Å². The molecule has 0 aromatic carbocycles. The molecule has 1 atom stereocenters. The van der Waals surface area contributed by atoms with Gasteiger partial charge in [0.05, 0.1) is 6.07 Å². The van der Waals surface area contributed by atoms with Crippen molar-refractivity contribution < 1.29 is 18.0 Å². The van der Waals surface area contributed by atoms with Crippen LogP contribution in [-0.2, 0) is 0 Å². The number of alkyl halides is 3. The lowest BCUT2D eigenvalue weighted by atomic mass is 9.84. The van der Waals surface area contributed by atoms with E-state index in [1.54, 1.807) is 5.32 Å². The van der Waals surface area contributed by atoms with Crippen molar-refractivity contribution in [2.75, 3.05) is 6.54 Å². The minimum atomic E-state index is -4.44. The molecule has 0 aromatic rings. The molecule has 0 bridgehead atoms. The van der Waals surface area contributed by atoms with E-state index < -0.39 is 24.8 Å². The Balaban J connectivity index is 2.38. The Morgan fingerprint density at radius 2 is 1.94 bits per heavy atom.